The van der Waals surface area contributed by atoms with Gasteiger partial charge in [0.25, 0.3) is 0 Å². The van der Waals surface area contributed by atoms with Crippen molar-refractivity contribution in [3.05, 3.63) is 29.6 Å². The highest BCUT2D eigenvalue weighted by atomic mass is 19.1. The Balaban J connectivity index is 2.38. The summed E-state index contributed by atoms with van der Waals surface area (Å²) in [7, 11) is 0. The zero-order chi connectivity index (χ0) is 11.7. The van der Waals surface area contributed by atoms with Gasteiger partial charge in [0.2, 0.25) is 0 Å². The minimum Gasteiger partial charge on any atom is -0.389 e. The van der Waals surface area contributed by atoms with Crippen LogP contribution in [-0.4, -0.2) is 18.2 Å². The van der Waals surface area contributed by atoms with Gasteiger partial charge in [-0.3, -0.25) is 0 Å². The van der Waals surface area contributed by atoms with Crippen molar-refractivity contribution >= 4 is 5.69 Å². The number of hydrogen-bond donors (Lipinski definition) is 1. The van der Waals surface area contributed by atoms with Crippen molar-refractivity contribution in [1.29, 1.82) is 0 Å². The summed E-state index contributed by atoms with van der Waals surface area (Å²) < 4.78 is 13.8. The number of anilines is 1. The molecule has 0 aliphatic carbocycles. The fourth-order valence-corrected chi connectivity index (χ4v) is 2.34. The molecule has 1 heterocycles. The Kier molecular flexibility index (Phi) is 3.15. The molecule has 0 spiro atoms. The highest BCUT2D eigenvalue weighted by Crippen LogP contribution is 2.32. The van der Waals surface area contributed by atoms with Crippen LogP contribution in [0.4, 0.5) is 10.1 Å². The summed E-state index contributed by atoms with van der Waals surface area (Å²) >= 11 is 0. The predicted molar refractivity (Wildman–Crippen MR) is 63.0 cm³/mol. The predicted octanol–water partition coefficient (Wildman–Crippen LogP) is 2.73. The summed E-state index contributed by atoms with van der Waals surface area (Å²) in [6, 6.07) is 4.91. The molecule has 2 atom stereocenters. The molecule has 16 heavy (non-hydrogen) atoms. The Morgan fingerprint density at radius 3 is 2.81 bits per heavy atom. The highest BCUT2D eigenvalue weighted by Gasteiger charge is 2.24. The summed E-state index contributed by atoms with van der Waals surface area (Å²) in [5.74, 6) is 0.369. The van der Waals surface area contributed by atoms with Gasteiger partial charge in [-0.15, -0.1) is 0 Å². The fraction of sp³-hybridized carbons (Fsp3) is 0.538. The van der Waals surface area contributed by atoms with Crippen molar-refractivity contribution < 1.29 is 9.50 Å². The smallest absolute Gasteiger partial charge is 0.146 e. The molecule has 1 aromatic rings. The van der Waals surface area contributed by atoms with E-state index in [-0.39, 0.29) is 5.82 Å². The SMILES string of the molecule is CC1CCN(c2c(F)cccc2C(C)O)C1. The molecule has 0 bridgehead atoms. The summed E-state index contributed by atoms with van der Waals surface area (Å²) in [4.78, 5) is 2.04. The molecule has 2 nitrogen and oxygen atoms in total. The maximum Gasteiger partial charge on any atom is 0.146 e. The van der Waals surface area contributed by atoms with Gasteiger partial charge >= 0.3 is 0 Å². The third kappa shape index (κ3) is 2.05. The molecule has 0 amide bonds. The first kappa shape index (κ1) is 11.4. The van der Waals surface area contributed by atoms with E-state index >= 15 is 0 Å². The van der Waals surface area contributed by atoms with Gasteiger partial charge in [-0.25, -0.2) is 4.39 Å². The Labute approximate surface area is 95.7 Å². The molecule has 3 heteroatoms. The molecule has 88 valence electrons. The average molecular weight is 223 g/mol. The number of halogens is 1. The van der Waals surface area contributed by atoms with Crippen LogP contribution in [0.3, 0.4) is 0 Å². The molecule has 0 saturated carbocycles. The number of aliphatic hydroxyl groups excluding tert-OH is 1. The van der Waals surface area contributed by atoms with Crippen molar-refractivity contribution in [2.24, 2.45) is 5.92 Å². The van der Waals surface area contributed by atoms with Crippen molar-refractivity contribution in [3.63, 3.8) is 0 Å². The molecule has 0 aromatic heterocycles. The van der Waals surface area contributed by atoms with E-state index in [1.807, 2.05) is 4.90 Å². The van der Waals surface area contributed by atoms with Gasteiger partial charge in [-0.05, 0) is 25.3 Å². The minimum absolute atomic E-state index is 0.229. The van der Waals surface area contributed by atoms with Crippen molar-refractivity contribution in [1.82, 2.24) is 0 Å². The average Bonchev–Trinajstić information content (AvgIpc) is 2.64. The Morgan fingerprint density at radius 2 is 2.25 bits per heavy atom. The molecule has 1 saturated heterocycles. The molecule has 2 rings (SSSR count). The summed E-state index contributed by atoms with van der Waals surface area (Å²) in [6.07, 6.45) is 0.467. The normalized spacial score (nSPS) is 22.5. The monoisotopic (exact) mass is 223 g/mol. The van der Waals surface area contributed by atoms with Gasteiger partial charge in [0, 0.05) is 18.7 Å². The van der Waals surface area contributed by atoms with Crippen molar-refractivity contribution in [3.8, 4) is 0 Å². The van der Waals surface area contributed by atoms with Crippen LogP contribution in [-0.2, 0) is 0 Å². The number of rotatable bonds is 2. The maximum absolute atomic E-state index is 13.8. The largest absolute Gasteiger partial charge is 0.389 e. The number of benzene rings is 1. The van der Waals surface area contributed by atoms with Crippen LogP contribution in [0.5, 0.6) is 0 Å². The lowest BCUT2D eigenvalue weighted by atomic mass is 10.1. The third-order valence-corrected chi connectivity index (χ3v) is 3.21. The number of aliphatic hydroxyl groups is 1. The van der Waals surface area contributed by atoms with Gasteiger partial charge in [-0.1, -0.05) is 19.1 Å². The van der Waals surface area contributed by atoms with Gasteiger partial charge in [0.15, 0.2) is 0 Å². The summed E-state index contributed by atoms with van der Waals surface area (Å²) in [5, 5.41) is 9.66. The van der Waals surface area contributed by atoms with E-state index in [0.717, 1.165) is 19.5 Å². The molecule has 1 aliphatic rings. The Bertz CT molecular complexity index is 378. The standard InChI is InChI=1S/C13H18FNO/c1-9-6-7-15(8-9)13-11(10(2)16)4-3-5-12(13)14/h3-5,9-10,16H,6-8H2,1-2H3. The lowest BCUT2D eigenvalue weighted by Gasteiger charge is -2.23. The van der Waals surface area contributed by atoms with E-state index in [2.05, 4.69) is 6.92 Å². The molecule has 1 fully saturated rings. The topological polar surface area (TPSA) is 23.5 Å². The van der Waals surface area contributed by atoms with Crippen LogP contribution in [0.2, 0.25) is 0 Å². The second-order valence-electron chi connectivity index (χ2n) is 4.69. The van der Waals surface area contributed by atoms with Crippen LogP contribution < -0.4 is 4.90 Å². The van der Waals surface area contributed by atoms with Gasteiger partial charge < -0.3 is 10.0 Å². The summed E-state index contributed by atoms with van der Waals surface area (Å²) in [6.45, 7) is 5.60. The van der Waals surface area contributed by atoms with E-state index in [0.29, 0.717) is 17.2 Å². The van der Waals surface area contributed by atoms with Crippen LogP contribution in [0.1, 0.15) is 31.9 Å². The van der Waals surface area contributed by atoms with Crippen LogP contribution >= 0.6 is 0 Å². The van der Waals surface area contributed by atoms with Gasteiger partial charge in [0.05, 0.1) is 11.8 Å². The second kappa shape index (κ2) is 4.42. The Hall–Kier alpha value is -1.09. The van der Waals surface area contributed by atoms with Crippen LogP contribution in [0.15, 0.2) is 18.2 Å². The lowest BCUT2D eigenvalue weighted by molar-refractivity contribution is 0.199. The number of para-hydroxylation sites is 1. The molecule has 2 unspecified atom stereocenters. The van der Waals surface area contributed by atoms with Crippen LogP contribution in [0, 0.1) is 11.7 Å². The van der Waals surface area contributed by atoms with E-state index in [1.165, 1.54) is 6.07 Å². The first-order valence-electron chi connectivity index (χ1n) is 5.81. The zero-order valence-electron chi connectivity index (χ0n) is 9.78. The number of hydrogen-bond acceptors (Lipinski definition) is 2. The number of nitrogens with zero attached hydrogens (tertiary/aromatic N) is 1. The quantitative estimate of drug-likeness (QED) is 0.833. The molecular formula is C13H18FNO. The first-order valence-corrected chi connectivity index (χ1v) is 5.81. The minimum atomic E-state index is -0.624. The maximum atomic E-state index is 13.8. The third-order valence-electron chi connectivity index (χ3n) is 3.21. The van der Waals surface area contributed by atoms with Gasteiger partial charge in [0.1, 0.15) is 5.82 Å². The molecule has 0 radical (unpaired) electrons. The van der Waals surface area contributed by atoms with Crippen molar-refractivity contribution in [2.45, 2.75) is 26.4 Å². The first-order chi connectivity index (χ1) is 7.59. The molecule has 1 aromatic carbocycles. The van der Waals surface area contributed by atoms with Crippen molar-refractivity contribution in [2.75, 3.05) is 18.0 Å². The van der Waals surface area contributed by atoms with E-state index in [9.17, 15) is 9.50 Å². The van der Waals surface area contributed by atoms with E-state index in [1.54, 1.807) is 19.1 Å². The molecular weight excluding hydrogens is 205 g/mol. The molecule has 1 N–H and O–H groups in total. The highest BCUT2D eigenvalue weighted by molar-refractivity contribution is 5.56. The lowest BCUT2D eigenvalue weighted by Crippen LogP contribution is -2.22. The van der Waals surface area contributed by atoms with Gasteiger partial charge in [-0.2, -0.15) is 0 Å². The van der Waals surface area contributed by atoms with Crippen LogP contribution in [0.25, 0.3) is 0 Å². The zero-order valence-corrected chi connectivity index (χ0v) is 9.78. The summed E-state index contributed by atoms with van der Waals surface area (Å²) in [5.41, 5.74) is 1.27. The fourth-order valence-electron chi connectivity index (χ4n) is 2.34. The van der Waals surface area contributed by atoms with E-state index < -0.39 is 6.10 Å². The van der Waals surface area contributed by atoms with E-state index in [4.69, 9.17) is 0 Å². The second-order valence-corrected chi connectivity index (χ2v) is 4.69. The Morgan fingerprint density at radius 1 is 1.50 bits per heavy atom. The molecule has 1 aliphatic heterocycles.